The van der Waals surface area contributed by atoms with Crippen LogP contribution in [0.1, 0.15) is 22.8 Å². The van der Waals surface area contributed by atoms with Gasteiger partial charge >= 0.3 is 0 Å². The summed E-state index contributed by atoms with van der Waals surface area (Å²) in [5.41, 5.74) is 1.92. The lowest BCUT2D eigenvalue weighted by molar-refractivity contribution is 0.0146. The van der Waals surface area contributed by atoms with Crippen molar-refractivity contribution < 1.29 is 9.53 Å². The molecule has 0 bridgehead atoms. The number of hydrogen-bond acceptors (Lipinski definition) is 3. The number of carbonyl (C=O) groups excluding carboxylic acids is 1. The van der Waals surface area contributed by atoms with Gasteiger partial charge in [0, 0.05) is 25.2 Å². The zero-order valence-electron chi connectivity index (χ0n) is 12.5. The molecule has 1 saturated heterocycles. The summed E-state index contributed by atoms with van der Waals surface area (Å²) < 4.78 is 5.88. The van der Waals surface area contributed by atoms with Crippen LogP contribution in [-0.2, 0) is 6.54 Å². The lowest BCUT2D eigenvalue weighted by Crippen LogP contribution is -2.53. The molecule has 2 aromatic rings. The average molecular weight is 316 g/mol. The molecule has 3 rings (SSSR count). The average Bonchev–Trinajstić information content (AvgIpc) is 2.47. The van der Waals surface area contributed by atoms with Crippen molar-refractivity contribution in [1.29, 1.82) is 0 Å². The Bertz CT molecular complexity index is 680. The van der Waals surface area contributed by atoms with Crippen LogP contribution in [-0.4, -0.2) is 29.9 Å². The van der Waals surface area contributed by atoms with Crippen LogP contribution < -0.4 is 4.74 Å². The summed E-state index contributed by atoms with van der Waals surface area (Å²) in [6, 6.07) is 15.3. The Morgan fingerprint density at radius 1 is 1.23 bits per heavy atom. The minimum atomic E-state index is 0.102. The van der Waals surface area contributed by atoms with Gasteiger partial charge in [0.05, 0.1) is 5.02 Å². The third kappa shape index (κ3) is 3.49. The van der Waals surface area contributed by atoms with Crippen molar-refractivity contribution in [1.82, 2.24) is 4.90 Å². The van der Waals surface area contributed by atoms with E-state index in [2.05, 4.69) is 11.0 Å². The first kappa shape index (κ1) is 15.1. The Hall–Kier alpha value is -1.84. The molecule has 0 spiro atoms. The second kappa shape index (κ2) is 6.51. The molecule has 4 heteroatoms. The van der Waals surface area contributed by atoms with Crippen LogP contribution in [0.3, 0.4) is 0 Å². The predicted octanol–water partition coefficient (Wildman–Crippen LogP) is 3.81. The highest BCUT2D eigenvalue weighted by Crippen LogP contribution is 2.27. The summed E-state index contributed by atoms with van der Waals surface area (Å²) in [7, 11) is 0. The standard InChI is InChI=1S/C18H18ClNO2/c1-13(21)15-6-4-5-14(9-15)10-20-11-16(12-20)22-18-8-3-2-7-17(18)19/h2-9,16H,10-12H2,1H3. The van der Waals surface area contributed by atoms with Crippen molar-refractivity contribution in [3.63, 3.8) is 0 Å². The summed E-state index contributed by atoms with van der Waals surface area (Å²) in [5, 5.41) is 0.648. The van der Waals surface area contributed by atoms with Crippen LogP contribution in [0.5, 0.6) is 5.75 Å². The van der Waals surface area contributed by atoms with Crippen LogP contribution in [0.2, 0.25) is 5.02 Å². The molecule has 0 aromatic heterocycles. The molecule has 0 atom stereocenters. The number of nitrogens with zero attached hydrogens (tertiary/aromatic N) is 1. The van der Waals surface area contributed by atoms with Crippen molar-refractivity contribution in [3.8, 4) is 5.75 Å². The fraction of sp³-hybridized carbons (Fsp3) is 0.278. The van der Waals surface area contributed by atoms with Gasteiger partial charge in [0.1, 0.15) is 11.9 Å². The SMILES string of the molecule is CC(=O)c1cccc(CN2CC(Oc3ccccc3Cl)C2)c1. The van der Waals surface area contributed by atoms with Crippen LogP contribution in [0.4, 0.5) is 0 Å². The maximum absolute atomic E-state index is 11.4. The smallest absolute Gasteiger partial charge is 0.159 e. The molecule has 1 heterocycles. The monoisotopic (exact) mass is 315 g/mol. The number of para-hydroxylation sites is 1. The van der Waals surface area contributed by atoms with Crippen LogP contribution in [0.15, 0.2) is 48.5 Å². The summed E-state index contributed by atoms with van der Waals surface area (Å²) in [6.45, 7) is 4.17. The molecule has 0 radical (unpaired) electrons. The van der Waals surface area contributed by atoms with Crippen molar-refractivity contribution in [2.75, 3.05) is 13.1 Å². The van der Waals surface area contributed by atoms with E-state index in [1.165, 1.54) is 0 Å². The fourth-order valence-electron chi connectivity index (χ4n) is 2.59. The molecule has 2 aromatic carbocycles. The highest BCUT2D eigenvalue weighted by Gasteiger charge is 2.28. The Labute approximate surface area is 135 Å². The second-order valence-corrected chi connectivity index (χ2v) is 6.03. The van der Waals surface area contributed by atoms with Crippen LogP contribution >= 0.6 is 11.6 Å². The summed E-state index contributed by atoms with van der Waals surface area (Å²) >= 11 is 6.09. The first-order chi connectivity index (χ1) is 10.6. The van der Waals surface area contributed by atoms with E-state index in [0.29, 0.717) is 5.02 Å². The molecule has 0 amide bonds. The number of halogens is 1. The lowest BCUT2D eigenvalue weighted by Gasteiger charge is -2.39. The lowest BCUT2D eigenvalue weighted by atomic mass is 10.1. The van der Waals surface area contributed by atoms with Gasteiger partial charge in [-0.1, -0.05) is 41.9 Å². The molecule has 1 aliphatic heterocycles. The molecule has 1 fully saturated rings. The number of rotatable bonds is 5. The number of likely N-dealkylation sites (tertiary alicyclic amines) is 1. The Morgan fingerprint density at radius 2 is 2.00 bits per heavy atom. The number of Topliss-reactive ketones (excluding diaryl/α,β-unsaturated/α-hetero) is 1. The van der Waals surface area contributed by atoms with Gasteiger partial charge in [0.25, 0.3) is 0 Å². The van der Waals surface area contributed by atoms with E-state index in [4.69, 9.17) is 16.3 Å². The van der Waals surface area contributed by atoms with Gasteiger partial charge in [-0.15, -0.1) is 0 Å². The third-order valence-electron chi connectivity index (χ3n) is 3.79. The van der Waals surface area contributed by atoms with Gasteiger partial charge < -0.3 is 4.74 Å². The van der Waals surface area contributed by atoms with Crippen molar-refractivity contribution in [3.05, 3.63) is 64.7 Å². The van der Waals surface area contributed by atoms with Gasteiger partial charge in [0.15, 0.2) is 5.78 Å². The number of ketones is 1. The van der Waals surface area contributed by atoms with E-state index < -0.39 is 0 Å². The first-order valence-corrected chi connectivity index (χ1v) is 7.73. The number of carbonyl (C=O) groups is 1. The molecule has 0 N–H and O–H groups in total. The zero-order chi connectivity index (χ0) is 15.5. The van der Waals surface area contributed by atoms with Crippen LogP contribution in [0.25, 0.3) is 0 Å². The minimum absolute atomic E-state index is 0.102. The largest absolute Gasteiger partial charge is 0.486 e. The van der Waals surface area contributed by atoms with E-state index in [1.807, 2.05) is 42.5 Å². The van der Waals surface area contributed by atoms with Gasteiger partial charge in [-0.25, -0.2) is 0 Å². The van der Waals surface area contributed by atoms with Gasteiger partial charge in [-0.05, 0) is 30.7 Å². The van der Waals surface area contributed by atoms with Gasteiger partial charge in [-0.2, -0.15) is 0 Å². The first-order valence-electron chi connectivity index (χ1n) is 7.35. The van der Waals surface area contributed by atoms with Crippen molar-refractivity contribution in [2.45, 2.75) is 19.6 Å². The van der Waals surface area contributed by atoms with E-state index in [-0.39, 0.29) is 11.9 Å². The molecule has 0 aliphatic carbocycles. The Morgan fingerprint density at radius 3 is 2.73 bits per heavy atom. The molecular weight excluding hydrogens is 298 g/mol. The normalized spacial score (nSPS) is 15.4. The van der Waals surface area contributed by atoms with E-state index in [9.17, 15) is 4.79 Å². The predicted molar refractivity (Wildman–Crippen MR) is 87.6 cm³/mol. The molecule has 0 saturated carbocycles. The zero-order valence-corrected chi connectivity index (χ0v) is 13.2. The van der Waals surface area contributed by atoms with Crippen LogP contribution in [0, 0.1) is 0 Å². The molecular formula is C18H18ClNO2. The van der Waals surface area contributed by atoms with Crippen molar-refractivity contribution >= 4 is 17.4 Å². The molecule has 114 valence electrons. The maximum atomic E-state index is 11.4. The van der Waals surface area contributed by atoms with E-state index in [1.54, 1.807) is 6.92 Å². The van der Waals surface area contributed by atoms with Crippen molar-refractivity contribution in [2.24, 2.45) is 0 Å². The Balaban J connectivity index is 1.53. The molecule has 0 unspecified atom stereocenters. The number of ether oxygens (including phenoxy) is 1. The fourth-order valence-corrected chi connectivity index (χ4v) is 2.77. The highest BCUT2D eigenvalue weighted by molar-refractivity contribution is 6.32. The summed E-state index contributed by atoms with van der Waals surface area (Å²) in [6.07, 6.45) is 0.177. The second-order valence-electron chi connectivity index (χ2n) is 5.62. The minimum Gasteiger partial charge on any atom is -0.486 e. The van der Waals surface area contributed by atoms with Gasteiger partial charge in [0.2, 0.25) is 0 Å². The molecule has 3 nitrogen and oxygen atoms in total. The summed E-state index contributed by atoms with van der Waals surface area (Å²) in [4.78, 5) is 13.7. The molecule has 1 aliphatic rings. The molecule has 22 heavy (non-hydrogen) atoms. The Kier molecular flexibility index (Phi) is 4.46. The summed E-state index contributed by atoms with van der Waals surface area (Å²) in [5.74, 6) is 0.845. The topological polar surface area (TPSA) is 29.5 Å². The van der Waals surface area contributed by atoms with Gasteiger partial charge in [-0.3, -0.25) is 9.69 Å². The number of benzene rings is 2. The third-order valence-corrected chi connectivity index (χ3v) is 4.11. The highest BCUT2D eigenvalue weighted by atomic mass is 35.5. The van der Waals surface area contributed by atoms with E-state index >= 15 is 0 Å². The maximum Gasteiger partial charge on any atom is 0.159 e. The van der Waals surface area contributed by atoms with E-state index in [0.717, 1.165) is 36.5 Å². The number of hydrogen-bond donors (Lipinski definition) is 0. The quantitative estimate of drug-likeness (QED) is 0.786.